The number of carbonyl (C=O) groups excluding carboxylic acids is 1. The standard InChI is InChI=1S/C11H22N2O2/c1-9(2)15-11(14)8-13(3)10-4-6-12-7-5-10/h9-10,12H,4-8H2,1-3H3. The van der Waals surface area contributed by atoms with Gasteiger partial charge in [-0.1, -0.05) is 0 Å². The van der Waals surface area contributed by atoms with Gasteiger partial charge in [0.1, 0.15) is 0 Å². The van der Waals surface area contributed by atoms with Crippen molar-refractivity contribution in [2.75, 3.05) is 26.7 Å². The molecule has 1 aliphatic heterocycles. The molecule has 88 valence electrons. The lowest BCUT2D eigenvalue weighted by molar-refractivity contribution is -0.149. The summed E-state index contributed by atoms with van der Waals surface area (Å²) in [7, 11) is 2.00. The van der Waals surface area contributed by atoms with Crippen molar-refractivity contribution in [1.82, 2.24) is 10.2 Å². The van der Waals surface area contributed by atoms with E-state index in [1.54, 1.807) is 0 Å². The molecular weight excluding hydrogens is 192 g/mol. The Kier molecular flexibility index (Phi) is 5.05. The van der Waals surface area contributed by atoms with E-state index in [4.69, 9.17) is 4.74 Å². The number of rotatable bonds is 4. The normalized spacial score (nSPS) is 18.5. The van der Waals surface area contributed by atoms with Crippen LogP contribution in [0.25, 0.3) is 0 Å². The van der Waals surface area contributed by atoms with Gasteiger partial charge in [0.15, 0.2) is 0 Å². The van der Waals surface area contributed by atoms with Crippen LogP contribution in [0.15, 0.2) is 0 Å². The SMILES string of the molecule is CC(C)OC(=O)CN(C)C1CCNCC1. The van der Waals surface area contributed by atoms with Gasteiger partial charge in [0, 0.05) is 6.04 Å². The Balaban J connectivity index is 2.27. The van der Waals surface area contributed by atoms with Crippen molar-refractivity contribution in [3.8, 4) is 0 Å². The summed E-state index contributed by atoms with van der Waals surface area (Å²) in [5.41, 5.74) is 0. The minimum absolute atomic E-state index is 0.0149. The maximum atomic E-state index is 11.4. The van der Waals surface area contributed by atoms with Gasteiger partial charge in [-0.25, -0.2) is 0 Å². The molecule has 0 radical (unpaired) electrons. The number of piperidine rings is 1. The number of hydrogen-bond acceptors (Lipinski definition) is 4. The monoisotopic (exact) mass is 214 g/mol. The van der Waals surface area contributed by atoms with E-state index >= 15 is 0 Å². The van der Waals surface area contributed by atoms with Crippen molar-refractivity contribution < 1.29 is 9.53 Å². The second-order valence-electron chi connectivity index (χ2n) is 4.43. The zero-order valence-corrected chi connectivity index (χ0v) is 9.95. The molecule has 0 saturated carbocycles. The van der Waals surface area contributed by atoms with E-state index in [-0.39, 0.29) is 12.1 Å². The Morgan fingerprint density at radius 3 is 2.60 bits per heavy atom. The number of nitrogens with one attached hydrogen (secondary N) is 1. The molecule has 1 heterocycles. The first-order chi connectivity index (χ1) is 7.09. The second-order valence-corrected chi connectivity index (χ2v) is 4.43. The largest absolute Gasteiger partial charge is 0.462 e. The predicted octanol–water partition coefficient (Wildman–Crippen LogP) is 0.622. The van der Waals surface area contributed by atoms with Gasteiger partial charge >= 0.3 is 5.97 Å². The molecule has 0 unspecified atom stereocenters. The fourth-order valence-electron chi connectivity index (χ4n) is 1.88. The van der Waals surface area contributed by atoms with E-state index in [2.05, 4.69) is 10.2 Å². The number of esters is 1. The average Bonchev–Trinajstić information content (AvgIpc) is 2.17. The molecule has 4 nitrogen and oxygen atoms in total. The molecule has 0 aromatic heterocycles. The fraction of sp³-hybridized carbons (Fsp3) is 0.909. The van der Waals surface area contributed by atoms with Crippen molar-refractivity contribution in [3.63, 3.8) is 0 Å². The summed E-state index contributed by atoms with van der Waals surface area (Å²) in [5, 5.41) is 3.31. The lowest BCUT2D eigenvalue weighted by Gasteiger charge is -2.30. The van der Waals surface area contributed by atoms with E-state index < -0.39 is 0 Å². The number of carbonyl (C=O) groups is 1. The molecule has 1 rings (SSSR count). The lowest BCUT2D eigenvalue weighted by atomic mass is 10.1. The minimum Gasteiger partial charge on any atom is -0.462 e. The number of nitrogens with zero attached hydrogens (tertiary/aromatic N) is 1. The quantitative estimate of drug-likeness (QED) is 0.697. The van der Waals surface area contributed by atoms with E-state index in [1.165, 1.54) is 0 Å². The average molecular weight is 214 g/mol. The molecule has 0 spiro atoms. The van der Waals surface area contributed by atoms with Gasteiger partial charge in [0.2, 0.25) is 0 Å². The fourth-order valence-corrected chi connectivity index (χ4v) is 1.88. The summed E-state index contributed by atoms with van der Waals surface area (Å²) in [6.07, 6.45) is 2.22. The highest BCUT2D eigenvalue weighted by Gasteiger charge is 2.20. The maximum absolute atomic E-state index is 11.4. The van der Waals surface area contributed by atoms with E-state index in [1.807, 2.05) is 20.9 Å². The molecule has 0 atom stereocenters. The smallest absolute Gasteiger partial charge is 0.320 e. The first-order valence-electron chi connectivity index (χ1n) is 5.70. The van der Waals surface area contributed by atoms with Crippen molar-refractivity contribution in [2.24, 2.45) is 0 Å². The third kappa shape index (κ3) is 4.62. The van der Waals surface area contributed by atoms with Gasteiger partial charge in [-0.2, -0.15) is 0 Å². The van der Waals surface area contributed by atoms with Crippen LogP contribution in [0.5, 0.6) is 0 Å². The molecule has 0 bridgehead atoms. The Hall–Kier alpha value is -0.610. The highest BCUT2D eigenvalue weighted by Crippen LogP contribution is 2.09. The van der Waals surface area contributed by atoms with Crippen LogP contribution < -0.4 is 5.32 Å². The van der Waals surface area contributed by atoms with Crippen LogP contribution in [0.1, 0.15) is 26.7 Å². The topological polar surface area (TPSA) is 41.6 Å². The van der Waals surface area contributed by atoms with Crippen LogP contribution in [0.2, 0.25) is 0 Å². The molecule has 0 amide bonds. The first-order valence-corrected chi connectivity index (χ1v) is 5.70. The minimum atomic E-state index is -0.119. The molecule has 1 aliphatic rings. The summed E-state index contributed by atoms with van der Waals surface area (Å²) in [6, 6.07) is 0.519. The Labute approximate surface area is 92.0 Å². The van der Waals surface area contributed by atoms with E-state index in [9.17, 15) is 4.79 Å². The number of hydrogen-bond donors (Lipinski definition) is 1. The molecule has 0 aromatic carbocycles. The van der Waals surface area contributed by atoms with E-state index in [0.29, 0.717) is 12.6 Å². The van der Waals surface area contributed by atoms with Crippen LogP contribution in [0.4, 0.5) is 0 Å². The summed E-state index contributed by atoms with van der Waals surface area (Å²) >= 11 is 0. The predicted molar refractivity (Wildman–Crippen MR) is 59.7 cm³/mol. The molecular formula is C11H22N2O2. The maximum Gasteiger partial charge on any atom is 0.320 e. The van der Waals surface area contributed by atoms with Gasteiger partial charge in [-0.15, -0.1) is 0 Å². The van der Waals surface area contributed by atoms with Crippen LogP contribution >= 0.6 is 0 Å². The van der Waals surface area contributed by atoms with Gasteiger partial charge < -0.3 is 10.1 Å². The van der Waals surface area contributed by atoms with Crippen molar-refractivity contribution >= 4 is 5.97 Å². The molecule has 1 N–H and O–H groups in total. The lowest BCUT2D eigenvalue weighted by Crippen LogP contribution is -2.43. The third-order valence-corrected chi connectivity index (χ3v) is 2.68. The Morgan fingerprint density at radius 1 is 1.47 bits per heavy atom. The first kappa shape index (κ1) is 12.5. The van der Waals surface area contributed by atoms with Crippen LogP contribution in [-0.2, 0) is 9.53 Å². The zero-order valence-electron chi connectivity index (χ0n) is 9.95. The molecule has 0 aliphatic carbocycles. The highest BCUT2D eigenvalue weighted by atomic mass is 16.5. The number of likely N-dealkylation sites (N-methyl/N-ethyl adjacent to an activating group) is 1. The van der Waals surface area contributed by atoms with Gasteiger partial charge in [-0.05, 0) is 46.8 Å². The van der Waals surface area contributed by atoms with Crippen LogP contribution in [0, 0.1) is 0 Å². The number of ether oxygens (including phenoxy) is 1. The highest BCUT2D eigenvalue weighted by molar-refractivity contribution is 5.71. The molecule has 0 aromatic rings. The van der Waals surface area contributed by atoms with Gasteiger partial charge in [0.05, 0.1) is 12.6 Å². The molecule has 1 fully saturated rings. The molecule has 1 saturated heterocycles. The van der Waals surface area contributed by atoms with E-state index in [0.717, 1.165) is 25.9 Å². The summed E-state index contributed by atoms with van der Waals surface area (Å²) in [6.45, 7) is 6.26. The van der Waals surface area contributed by atoms with Crippen molar-refractivity contribution in [1.29, 1.82) is 0 Å². The van der Waals surface area contributed by atoms with Gasteiger partial charge in [0.25, 0.3) is 0 Å². The summed E-state index contributed by atoms with van der Waals surface area (Å²) in [4.78, 5) is 13.5. The van der Waals surface area contributed by atoms with Crippen LogP contribution in [0.3, 0.4) is 0 Å². The van der Waals surface area contributed by atoms with Crippen molar-refractivity contribution in [3.05, 3.63) is 0 Å². The Morgan fingerprint density at radius 2 is 2.07 bits per heavy atom. The zero-order chi connectivity index (χ0) is 11.3. The molecule has 4 heteroatoms. The summed E-state index contributed by atoms with van der Waals surface area (Å²) in [5.74, 6) is -0.119. The second kappa shape index (κ2) is 6.08. The van der Waals surface area contributed by atoms with Crippen LogP contribution in [-0.4, -0.2) is 49.7 Å². The Bertz CT molecular complexity index is 201. The van der Waals surface area contributed by atoms with Gasteiger partial charge in [-0.3, -0.25) is 9.69 Å². The third-order valence-electron chi connectivity index (χ3n) is 2.68. The molecule has 15 heavy (non-hydrogen) atoms. The summed E-state index contributed by atoms with van der Waals surface area (Å²) < 4.78 is 5.12. The van der Waals surface area contributed by atoms with Crippen molar-refractivity contribution in [2.45, 2.75) is 38.8 Å².